The predicted octanol–water partition coefficient (Wildman–Crippen LogP) is 2.74. The summed E-state index contributed by atoms with van der Waals surface area (Å²) in [5.41, 5.74) is 1.14. The number of Topliss-reactive ketones (excluding diaryl/α,β-unsaturated/α-hetero) is 1. The Bertz CT molecular complexity index is 1480. The Morgan fingerprint density at radius 2 is 1.89 bits per heavy atom. The fourth-order valence-electron chi connectivity index (χ4n) is 5.70. The van der Waals surface area contributed by atoms with E-state index in [1.807, 2.05) is 0 Å². The molecule has 37 heavy (non-hydrogen) atoms. The number of amides is 2. The van der Waals surface area contributed by atoms with Crippen LogP contribution in [0.15, 0.2) is 42.5 Å². The maximum Gasteiger partial charge on any atom is 0.335 e. The Labute approximate surface area is 211 Å². The molecule has 6 rings (SSSR count). The van der Waals surface area contributed by atoms with Gasteiger partial charge in [0.05, 0.1) is 11.1 Å². The first-order valence-corrected chi connectivity index (χ1v) is 12.3. The number of piperidine rings is 1. The Morgan fingerprint density at radius 3 is 2.62 bits per heavy atom. The van der Waals surface area contributed by atoms with Crippen molar-refractivity contribution in [3.05, 3.63) is 65.1 Å². The number of nitrogens with one attached hydrogen (secondary N) is 1. The summed E-state index contributed by atoms with van der Waals surface area (Å²) in [4.78, 5) is 51.9. The van der Waals surface area contributed by atoms with Gasteiger partial charge in [-0.05, 0) is 55.0 Å². The van der Waals surface area contributed by atoms with E-state index in [-0.39, 0.29) is 65.1 Å². The molecule has 0 unspecified atom stereocenters. The van der Waals surface area contributed by atoms with E-state index in [1.165, 1.54) is 35.9 Å². The zero-order chi connectivity index (χ0) is 26.0. The van der Waals surface area contributed by atoms with Gasteiger partial charge in [0.2, 0.25) is 11.8 Å². The molecule has 0 radical (unpaired) electrons. The summed E-state index contributed by atoms with van der Waals surface area (Å²) in [7, 11) is 0. The summed E-state index contributed by atoms with van der Waals surface area (Å²) in [5.74, 6) is -2.08. The number of carbonyl (C=O) groups is 4. The molecule has 3 aliphatic rings. The van der Waals surface area contributed by atoms with Crippen molar-refractivity contribution in [3.8, 4) is 0 Å². The van der Waals surface area contributed by atoms with Gasteiger partial charge in [0, 0.05) is 30.3 Å². The van der Waals surface area contributed by atoms with Crippen molar-refractivity contribution in [1.82, 2.24) is 20.0 Å². The molecule has 2 amide bonds. The third-order valence-corrected chi connectivity index (χ3v) is 7.73. The van der Waals surface area contributed by atoms with Crippen molar-refractivity contribution in [2.24, 2.45) is 5.92 Å². The summed E-state index contributed by atoms with van der Waals surface area (Å²) in [6.07, 6.45) is 2.05. The molecule has 9 nitrogen and oxygen atoms in total. The highest BCUT2D eigenvalue weighted by Crippen LogP contribution is 2.49. The highest BCUT2D eigenvalue weighted by Gasteiger charge is 2.56. The second-order valence-electron chi connectivity index (χ2n) is 10.2. The number of likely N-dealkylation sites (tertiary alicyclic amines) is 1. The van der Waals surface area contributed by atoms with Crippen LogP contribution in [0.4, 0.5) is 4.39 Å². The molecule has 2 heterocycles. The number of carboxylic acid groups (broad SMARTS) is 1. The Morgan fingerprint density at radius 1 is 1.11 bits per heavy atom. The number of carboxylic acids is 1. The Balaban J connectivity index is 1.20. The predicted molar refractivity (Wildman–Crippen MR) is 130 cm³/mol. The van der Waals surface area contributed by atoms with Crippen LogP contribution in [0.3, 0.4) is 0 Å². The lowest BCUT2D eigenvalue weighted by atomic mass is 10.1. The Kier molecular flexibility index (Phi) is 5.36. The number of aromatic carboxylic acids is 1. The average molecular weight is 505 g/mol. The lowest BCUT2D eigenvalue weighted by Crippen LogP contribution is -2.49. The number of ketones is 1. The standard InChI is InChI=1S/C27H25FN4O5/c1-13(33)25-17-7-6-14(27(36)37)8-22(17)31(30-25)12-24(34)32-21-9-15(21)10-23(32)26(35)29-20-11-18(20)16-4-2-3-5-19(16)28/h2-8,15,18,20-21,23H,9-12H2,1H3,(H,29,35)(H,36,37)/t15-,18+,20+,21-,23+/m1/s1. The number of rotatable bonds is 7. The van der Waals surface area contributed by atoms with E-state index in [4.69, 9.17) is 0 Å². The first kappa shape index (κ1) is 23.3. The fourth-order valence-corrected chi connectivity index (χ4v) is 5.70. The van der Waals surface area contributed by atoms with E-state index in [9.17, 15) is 28.7 Å². The van der Waals surface area contributed by atoms with Gasteiger partial charge in [0.1, 0.15) is 24.1 Å². The van der Waals surface area contributed by atoms with Crippen molar-refractivity contribution < 1.29 is 28.7 Å². The maximum absolute atomic E-state index is 14.1. The molecule has 2 aromatic carbocycles. The Hall–Kier alpha value is -4.08. The van der Waals surface area contributed by atoms with Crippen molar-refractivity contribution in [3.63, 3.8) is 0 Å². The van der Waals surface area contributed by atoms with Crippen molar-refractivity contribution in [2.45, 2.75) is 56.8 Å². The average Bonchev–Trinajstić information content (AvgIpc) is 3.74. The maximum atomic E-state index is 14.1. The molecule has 1 aromatic heterocycles. The van der Waals surface area contributed by atoms with E-state index in [0.29, 0.717) is 29.3 Å². The monoisotopic (exact) mass is 504 g/mol. The van der Waals surface area contributed by atoms with E-state index in [0.717, 1.165) is 6.42 Å². The van der Waals surface area contributed by atoms with Crippen molar-refractivity contribution in [1.29, 1.82) is 0 Å². The first-order chi connectivity index (χ1) is 17.7. The molecule has 1 saturated heterocycles. The molecule has 2 aliphatic carbocycles. The van der Waals surface area contributed by atoms with Gasteiger partial charge in [-0.3, -0.25) is 19.1 Å². The summed E-state index contributed by atoms with van der Waals surface area (Å²) in [5, 5.41) is 17.2. The minimum Gasteiger partial charge on any atom is -0.478 e. The smallest absolute Gasteiger partial charge is 0.335 e. The number of hydrogen-bond donors (Lipinski definition) is 2. The van der Waals surface area contributed by atoms with Crippen LogP contribution >= 0.6 is 0 Å². The summed E-state index contributed by atoms with van der Waals surface area (Å²) in [6, 6.07) is 10.1. The van der Waals surface area contributed by atoms with Gasteiger partial charge in [-0.1, -0.05) is 18.2 Å². The minimum absolute atomic E-state index is 0.0192. The number of aromatic nitrogens is 2. The van der Waals surface area contributed by atoms with E-state index in [2.05, 4.69) is 10.4 Å². The van der Waals surface area contributed by atoms with Crippen LogP contribution in [0.5, 0.6) is 0 Å². The summed E-state index contributed by atoms with van der Waals surface area (Å²) < 4.78 is 15.5. The molecular formula is C27H25FN4O5. The molecule has 0 spiro atoms. The van der Waals surface area contributed by atoms with Crippen LogP contribution < -0.4 is 5.32 Å². The van der Waals surface area contributed by atoms with E-state index < -0.39 is 12.0 Å². The molecule has 3 aromatic rings. The van der Waals surface area contributed by atoms with Gasteiger partial charge >= 0.3 is 5.97 Å². The first-order valence-electron chi connectivity index (χ1n) is 12.3. The molecule has 10 heteroatoms. The van der Waals surface area contributed by atoms with Gasteiger partial charge in [0.25, 0.3) is 0 Å². The fraction of sp³-hybridized carbons (Fsp3) is 0.370. The highest BCUT2D eigenvalue weighted by atomic mass is 19.1. The lowest BCUT2D eigenvalue weighted by molar-refractivity contribution is -0.140. The number of benzene rings is 2. The van der Waals surface area contributed by atoms with E-state index >= 15 is 0 Å². The number of fused-ring (bicyclic) bond motifs is 2. The number of nitrogens with zero attached hydrogens (tertiary/aromatic N) is 3. The lowest BCUT2D eigenvalue weighted by Gasteiger charge is -2.27. The molecule has 1 aliphatic heterocycles. The van der Waals surface area contributed by atoms with Crippen LogP contribution in [-0.4, -0.2) is 61.5 Å². The topological polar surface area (TPSA) is 122 Å². The third-order valence-electron chi connectivity index (χ3n) is 7.73. The molecule has 190 valence electrons. The van der Waals surface area contributed by atoms with Crippen LogP contribution in [0, 0.1) is 11.7 Å². The van der Waals surface area contributed by atoms with Crippen molar-refractivity contribution in [2.75, 3.05) is 0 Å². The molecule has 5 atom stereocenters. The summed E-state index contributed by atoms with van der Waals surface area (Å²) in [6.45, 7) is 1.14. The second kappa shape index (κ2) is 8.50. The zero-order valence-corrected chi connectivity index (χ0v) is 20.1. The zero-order valence-electron chi connectivity index (χ0n) is 20.1. The normalized spacial score (nSPS) is 25.6. The van der Waals surface area contributed by atoms with Crippen LogP contribution in [0.1, 0.15) is 58.5 Å². The quantitative estimate of drug-likeness (QED) is 0.477. The minimum atomic E-state index is -1.13. The van der Waals surface area contributed by atoms with Crippen LogP contribution in [0.25, 0.3) is 10.9 Å². The van der Waals surface area contributed by atoms with Crippen LogP contribution in [-0.2, 0) is 16.1 Å². The molecular weight excluding hydrogens is 479 g/mol. The highest BCUT2D eigenvalue weighted by molar-refractivity contribution is 6.06. The third kappa shape index (κ3) is 4.06. The van der Waals surface area contributed by atoms with Gasteiger partial charge in [0.15, 0.2) is 5.78 Å². The molecule has 0 bridgehead atoms. The number of hydrogen-bond acceptors (Lipinski definition) is 5. The molecule has 2 N–H and O–H groups in total. The van der Waals surface area contributed by atoms with E-state index in [1.54, 1.807) is 23.1 Å². The van der Waals surface area contributed by atoms with Gasteiger partial charge in [-0.2, -0.15) is 5.10 Å². The number of halogens is 1. The van der Waals surface area contributed by atoms with Gasteiger partial charge in [-0.25, -0.2) is 9.18 Å². The second-order valence-corrected chi connectivity index (χ2v) is 10.2. The largest absolute Gasteiger partial charge is 0.478 e. The number of carbonyl (C=O) groups excluding carboxylic acids is 3. The van der Waals surface area contributed by atoms with Gasteiger partial charge in [-0.15, -0.1) is 0 Å². The van der Waals surface area contributed by atoms with Gasteiger partial charge < -0.3 is 15.3 Å². The van der Waals surface area contributed by atoms with Crippen molar-refractivity contribution >= 4 is 34.5 Å². The van der Waals surface area contributed by atoms with Crippen LogP contribution in [0.2, 0.25) is 0 Å². The summed E-state index contributed by atoms with van der Waals surface area (Å²) >= 11 is 0. The molecule has 2 saturated carbocycles. The SMILES string of the molecule is CC(=O)c1nn(CC(=O)N2[C@@H]3C[C@@H]3C[C@H]2C(=O)N[C@H]2C[C@H]2c2ccccc2F)c2cc(C(=O)O)ccc12. The molecule has 3 fully saturated rings.